The maximum Gasteiger partial charge on any atom is 0.254 e. The molecule has 0 saturated carbocycles. The van der Waals surface area contributed by atoms with Crippen molar-refractivity contribution in [1.82, 2.24) is 20.7 Å². The second-order valence-electron chi connectivity index (χ2n) is 8.59. The Morgan fingerprint density at radius 3 is 2.42 bits per heavy atom. The highest BCUT2D eigenvalue weighted by Crippen LogP contribution is 2.16. The number of aromatic nitrogens is 1. The van der Waals surface area contributed by atoms with Gasteiger partial charge in [0.2, 0.25) is 0 Å². The van der Waals surface area contributed by atoms with E-state index in [1.807, 2.05) is 56.0 Å². The minimum atomic E-state index is 0. The number of carbonyl (C=O) groups excluding carboxylic acids is 1. The molecule has 9 heteroatoms. The molecule has 8 nitrogen and oxygen atoms in total. The zero-order valence-corrected chi connectivity index (χ0v) is 22.5. The number of rotatable bonds is 7. The third-order valence-corrected chi connectivity index (χ3v) is 5.27. The summed E-state index contributed by atoms with van der Waals surface area (Å²) in [6, 6.07) is 9.63. The Hall–Kier alpha value is -2.14. The number of nitrogens with zero attached hydrogens (tertiary/aromatic N) is 3. The van der Waals surface area contributed by atoms with Crippen LogP contribution in [0.3, 0.4) is 0 Å². The molecule has 2 unspecified atom stereocenters. The summed E-state index contributed by atoms with van der Waals surface area (Å²) in [6.45, 7) is 13.2. The Labute approximate surface area is 213 Å². The summed E-state index contributed by atoms with van der Waals surface area (Å²) in [6.07, 6.45) is 0.115. The first kappa shape index (κ1) is 27.1. The Morgan fingerprint density at radius 1 is 1.18 bits per heavy atom. The van der Waals surface area contributed by atoms with Gasteiger partial charge in [-0.15, -0.1) is 24.0 Å². The molecule has 1 aliphatic rings. The minimum Gasteiger partial charge on any atom is -0.372 e. The molecule has 1 aliphatic heterocycles. The number of aliphatic imine (C=N–C) groups is 1. The molecular weight excluding hydrogens is 533 g/mol. The van der Waals surface area contributed by atoms with Crippen molar-refractivity contribution in [2.24, 2.45) is 4.99 Å². The summed E-state index contributed by atoms with van der Waals surface area (Å²) < 4.78 is 11.1. The van der Waals surface area contributed by atoms with E-state index in [2.05, 4.69) is 34.6 Å². The fourth-order valence-electron chi connectivity index (χ4n) is 3.65. The van der Waals surface area contributed by atoms with Gasteiger partial charge in [-0.05, 0) is 44.4 Å². The molecule has 33 heavy (non-hydrogen) atoms. The molecule has 2 heterocycles. The van der Waals surface area contributed by atoms with E-state index in [9.17, 15) is 4.79 Å². The first-order chi connectivity index (χ1) is 15.4. The third-order valence-electron chi connectivity index (χ3n) is 5.27. The first-order valence-corrected chi connectivity index (χ1v) is 11.4. The Morgan fingerprint density at radius 2 is 1.85 bits per heavy atom. The maximum absolute atomic E-state index is 12.8. The largest absolute Gasteiger partial charge is 0.372 e. The van der Waals surface area contributed by atoms with Crippen LogP contribution in [0.25, 0.3) is 0 Å². The van der Waals surface area contributed by atoms with E-state index in [1.54, 1.807) is 0 Å². The van der Waals surface area contributed by atoms with Crippen molar-refractivity contribution in [3.05, 3.63) is 52.9 Å². The third kappa shape index (κ3) is 7.99. The average Bonchev–Trinajstić information content (AvgIpc) is 3.24. The lowest BCUT2D eigenvalue weighted by atomic mass is 10.1. The summed E-state index contributed by atoms with van der Waals surface area (Å²) in [5.74, 6) is 1.85. The van der Waals surface area contributed by atoms with Crippen LogP contribution in [0.4, 0.5) is 0 Å². The SMILES string of the molecule is CCNC(=NCc1ccc(C(=O)N2CC(C)OC(C)C2)cc1)NCc1cc(C(C)C)no1.I. The predicted molar refractivity (Wildman–Crippen MR) is 140 cm³/mol. The smallest absolute Gasteiger partial charge is 0.254 e. The van der Waals surface area contributed by atoms with Gasteiger partial charge < -0.3 is 24.8 Å². The van der Waals surface area contributed by atoms with Crippen LogP contribution in [0.2, 0.25) is 0 Å². The second-order valence-corrected chi connectivity index (χ2v) is 8.59. The average molecular weight is 569 g/mol. The molecule has 0 spiro atoms. The van der Waals surface area contributed by atoms with E-state index in [1.165, 1.54) is 0 Å². The van der Waals surface area contributed by atoms with E-state index >= 15 is 0 Å². The monoisotopic (exact) mass is 569 g/mol. The van der Waals surface area contributed by atoms with Gasteiger partial charge in [0.05, 0.1) is 31.0 Å². The van der Waals surface area contributed by atoms with Gasteiger partial charge >= 0.3 is 0 Å². The van der Waals surface area contributed by atoms with E-state index in [4.69, 9.17) is 9.26 Å². The number of ether oxygens (including phenoxy) is 1. The van der Waals surface area contributed by atoms with Crippen molar-refractivity contribution in [3.63, 3.8) is 0 Å². The van der Waals surface area contributed by atoms with Crippen LogP contribution in [-0.2, 0) is 17.8 Å². The van der Waals surface area contributed by atoms with E-state index in [-0.39, 0.29) is 42.1 Å². The molecule has 1 fully saturated rings. The van der Waals surface area contributed by atoms with Crippen LogP contribution in [0.5, 0.6) is 0 Å². The number of nitrogens with one attached hydrogen (secondary N) is 2. The van der Waals surface area contributed by atoms with Gasteiger partial charge in [0, 0.05) is 31.3 Å². The van der Waals surface area contributed by atoms with Gasteiger partial charge in [-0.3, -0.25) is 4.79 Å². The van der Waals surface area contributed by atoms with E-state index in [0.717, 1.165) is 23.6 Å². The maximum atomic E-state index is 12.8. The Bertz CT molecular complexity index is 903. The van der Waals surface area contributed by atoms with Gasteiger partial charge in [-0.2, -0.15) is 0 Å². The van der Waals surface area contributed by atoms with E-state index in [0.29, 0.717) is 43.6 Å². The highest BCUT2D eigenvalue weighted by atomic mass is 127. The Kier molecular flexibility index (Phi) is 10.6. The number of carbonyl (C=O) groups is 1. The fraction of sp³-hybridized carbons (Fsp3) is 0.542. The fourth-order valence-corrected chi connectivity index (χ4v) is 3.65. The Balaban J connectivity index is 0.00000385. The van der Waals surface area contributed by atoms with Crippen molar-refractivity contribution < 1.29 is 14.1 Å². The topological polar surface area (TPSA) is 92.0 Å². The predicted octanol–water partition coefficient (Wildman–Crippen LogP) is 3.92. The van der Waals surface area contributed by atoms with Gasteiger partial charge in [0.1, 0.15) is 0 Å². The second kappa shape index (κ2) is 12.9. The van der Waals surface area contributed by atoms with Crippen molar-refractivity contribution >= 4 is 35.8 Å². The van der Waals surface area contributed by atoms with Gasteiger partial charge in [-0.25, -0.2) is 4.99 Å². The summed E-state index contributed by atoms with van der Waals surface area (Å²) in [5.41, 5.74) is 2.67. The molecule has 0 radical (unpaired) electrons. The van der Waals surface area contributed by atoms with Crippen molar-refractivity contribution in [2.75, 3.05) is 19.6 Å². The number of hydrogen-bond acceptors (Lipinski definition) is 5. The van der Waals surface area contributed by atoms with Crippen LogP contribution in [-0.4, -0.2) is 53.8 Å². The van der Waals surface area contributed by atoms with Gasteiger partial charge in [-0.1, -0.05) is 31.1 Å². The number of benzene rings is 1. The molecular formula is C24H36IN5O3. The summed E-state index contributed by atoms with van der Waals surface area (Å²) in [7, 11) is 0. The molecule has 1 aromatic heterocycles. The molecule has 3 rings (SSSR count). The van der Waals surface area contributed by atoms with Crippen LogP contribution in [0, 0.1) is 0 Å². The lowest BCUT2D eigenvalue weighted by molar-refractivity contribution is -0.0586. The molecule has 182 valence electrons. The van der Waals surface area contributed by atoms with Gasteiger partial charge in [0.25, 0.3) is 5.91 Å². The number of morpholine rings is 1. The highest BCUT2D eigenvalue weighted by molar-refractivity contribution is 14.0. The molecule has 2 aromatic rings. The molecule has 1 aromatic carbocycles. The molecule has 0 aliphatic carbocycles. The quantitative estimate of drug-likeness (QED) is 0.299. The number of hydrogen-bond donors (Lipinski definition) is 2. The molecule has 2 N–H and O–H groups in total. The van der Waals surface area contributed by atoms with Crippen LogP contribution in [0.1, 0.15) is 67.9 Å². The number of guanidine groups is 1. The highest BCUT2D eigenvalue weighted by Gasteiger charge is 2.26. The zero-order valence-electron chi connectivity index (χ0n) is 20.1. The lowest BCUT2D eigenvalue weighted by Crippen LogP contribution is -2.48. The molecule has 1 saturated heterocycles. The normalized spacial score (nSPS) is 18.7. The van der Waals surface area contributed by atoms with Crippen LogP contribution >= 0.6 is 24.0 Å². The van der Waals surface area contributed by atoms with Crippen molar-refractivity contribution in [2.45, 2.75) is 65.8 Å². The first-order valence-electron chi connectivity index (χ1n) is 11.4. The van der Waals surface area contributed by atoms with Crippen molar-refractivity contribution in [1.29, 1.82) is 0 Å². The van der Waals surface area contributed by atoms with Gasteiger partial charge in [0.15, 0.2) is 11.7 Å². The van der Waals surface area contributed by atoms with E-state index < -0.39 is 0 Å². The molecule has 2 atom stereocenters. The van der Waals surface area contributed by atoms with Crippen molar-refractivity contribution in [3.8, 4) is 0 Å². The summed E-state index contributed by atoms with van der Waals surface area (Å²) >= 11 is 0. The summed E-state index contributed by atoms with van der Waals surface area (Å²) in [5, 5.41) is 10.6. The van der Waals surface area contributed by atoms with Crippen LogP contribution in [0.15, 0.2) is 39.8 Å². The minimum absolute atomic E-state index is 0. The molecule has 0 bridgehead atoms. The van der Waals surface area contributed by atoms with Crippen LogP contribution < -0.4 is 10.6 Å². The molecule has 1 amide bonds. The number of amides is 1. The zero-order chi connectivity index (χ0) is 23.1. The number of halogens is 1. The lowest BCUT2D eigenvalue weighted by Gasteiger charge is -2.35. The standard InChI is InChI=1S/C24H35N5O3.HI/c1-6-25-24(27-13-21-11-22(16(2)3)28-32-21)26-12-19-7-9-20(10-8-19)23(30)29-14-17(4)31-18(5)15-29;/h7-11,16-18H,6,12-15H2,1-5H3,(H2,25,26,27);1H. The summed E-state index contributed by atoms with van der Waals surface area (Å²) in [4.78, 5) is 19.3.